The van der Waals surface area contributed by atoms with Gasteiger partial charge in [0.05, 0.1) is 18.4 Å². The number of carbonyl (C=O) groups excluding carboxylic acids is 1. The van der Waals surface area contributed by atoms with Crippen LogP contribution < -0.4 is 14.8 Å². The van der Waals surface area contributed by atoms with Gasteiger partial charge in [-0.2, -0.15) is 0 Å². The summed E-state index contributed by atoms with van der Waals surface area (Å²) in [6.45, 7) is 4.74. The molecule has 0 atom stereocenters. The first kappa shape index (κ1) is 21.7. The average Bonchev–Trinajstić information content (AvgIpc) is 3.55. The molecule has 1 fully saturated rings. The third-order valence-electron chi connectivity index (χ3n) is 6.01. The SMILES string of the molecule is COc1cc(/C=C/C(=O)NCC2(c3ccccc3)CC2)ccc1OCc1c(C)noc1C. The highest BCUT2D eigenvalue weighted by Crippen LogP contribution is 2.47. The predicted octanol–water partition coefficient (Wildman–Crippen LogP) is 4.74. The fraction of sp³-hybridized carbons (Fsp3) is 0.308. The second-order valence-corrected chi connectivity index (χ2v) is 8.20. The molecule has 1 amide bonds. The zero-order valence-electron chi connectivity index (χ0n) is 18.7. The summed E-state index contributed by atoms with van der Waals surface area (Å²) in [5.41, 5.74) is 3.98. The summed E-state index contributed by atoms with van der Waals surface area (Å²) >= 11 is 0. The van der Waals surface area contributed by atoms with E-state index in [1.54, 1.807) is 19.3 Å². The van der Waals surface area contributed by atoms with Crippen molar-refractivity contribution in [2.45, 2.75) is 38.7 Å². The smallest absolute Gasteiger partial charge is 0.244 e. The number of carbonyl (C=O) groups is 1. The van der Waals surface area contributed by atoms with E-state index in [0.717, 1.165) is 35.4 Å². The quantitative estimate of drug-likeness (QED) is 0.495. The largest absolute Gasteiger partial charge is 0.493 e. The van der Waals surface area contributed by atoms with Crippen LogP contribution in [0.1, 0.15) is 41.0 Å². The van der Waals surface area contributed by atoms with Crippen molar-refractivity contribution in [3.8, 4) is 11.5 Å². The first-order valence-electron chi connectivity index (χ1n) is 10.7. The van der Waals surface area contributed by atoms with Crippen LogP contribution in [-0.4, -0.2) is 24.7 Å². The van der Waals surface area contributed by atoms with Gasteiger partial charge in [0.1, 0.15) is 12.4 Å². The molecule has 2 aromatic carbocycles. The van der Waals surface area contributed by atoms with Gasteiger partial charge in [-0.25, -0.2) is 0 Å². The Kier molecular flexibility index (Phi) is 6.30. The maximum Gasteiger partial charge on any atom is 0.244 e. The van der Waals surface area contributed by atoms with Crippen LogP contribution in [0, 0.1) is 13.8 Å². The highest BCUT2D eigenvalue weighted by Gasteiger charge is 2.44. The van der Waals surface area contributed by atoms with E-state index in [4.69, 9.17) is 14.0 Å². The summed E-state index contributed by atoms with van der Waals surface area (Å²) in [5.74, 6) is 1.85. The number of rotatable bonds is 9. The van der Waals surface area contributed by atoms with Crippen molar-refractivity contribution < 1.29 is 18.8 Å². The number of aromatic nitrogens is 1. The monoisotopic (exact) mass is 432 g/mol. The molecule has 0 unspecified atom stereocenters. The van der Waals surface area contributed by atoms with Crippen LogP contribution in [0.25, 0.3) is 6.08 Å². The van der Waals surface area contributed by atoms with Gasteiger partial charge >= 0.3 is 0 Å². The van der Waals surface area contributed by atoms with Gasteiger partial charge < -0.3 is 19.3 Å². The third-order valence-corrected chi connectivity index (χ3v) is 6.01. The minimum absolute atomic E-state index is 0.0915. The van der Waals surface area contributed by atoms with Gasteiger partial charge in [-0.05, 0) is 56.0 Å². The maximum absolute atomic E-state index is 12.4. The summed E-state index contributed by atoms with van der Waals surface area (Å²) in [6, 6.07) is 16.0. The van der Waals surface area contributed by atoms with Gasteiger partial charge in [-0.3, -0.25) is 4.79 Å². The first-order chi connectivity index (χ1) is 15.5. The lowest BCUT2D eigenvalue weighted by Gasteiger charge is -2.15. The molecule has 6 heteroatoms. The van der Waals surface area contributed by atoms with E-state index in [9.17, 15) is 4.79 Å². The van der Waals surface area contributed by atoms with Crippen LogP contribution in [0.3, 0.4) is 0 Å². The number of nitrogens with zero attached hydrogens (tertiary/aromatic N) is 1. The Balaban J connectivity index is 1.35. The number of benzene rings is 2. The zero-order valence-corrected chi connectivity index (χ0v) is 18.7. The van der Waals surface area contributed by atoms with Crippen molar-refractivity contribution in [1.82, 2.24) is 10.5 Å². The van der Waals surface area contributed by atoms with Crippen molar-refractivity contribution in [2.75, 3.05) is 13.7 Å². The molecule has 0 bridgehead atoms. The normalized spacial score (nSPS) is 14.3. The molecule has 32 heavy (non-hydrogen) atoms. The summed E-state index contributed by atoms with van der Waals surface area (Å²) in [6.07, 6.45) is 5.54. The molecule has 3 aromatic rings. The molecule has 0 spiro atoms. The number of hydrogen-bond donors (Lipinski definition) is 1. The van der Waals surface area contributed by atoms with Crippen molar-refractivity contribution in [1.29, 1.82) is 0 Å². The highest BCUT2D eigenvalue weighted by molar-refractivity contribution is 5.91. The van der Waals surface area contributed by atoms with Crippen LogP contribution in [0.5, 0.6) is 11.5 Å². The van der Waals surface area contributed by atoms with Gasteiger partial charge in [0.25, 0.3) is 0 Å². The Labute approximate surface area is 188 Å². The predicted molar refractivity (Wildman–Crippen MR) is 123 cm³/mol. The molecule has 1 aromatic heterocycles. The molecule has 0 saturated heterocycles. The number of amides is 1. The standard InChI is InChI=1S/C26H28N2O4/c1-18-22(19(2)32-28-18)16-31-23-11-9-20(15-24(23)30-3)10-12-25(29)27-17-26(13-14-26)21-7-5-4-6-8-21/h4-12,15H,13-14,16-17H2,1-3H3,(H,27,29)/b12-10+. The number of methoxy groups -OCH3 is 1. The molecule has 1 N–H and O–H groups in total. The maximum atomic E-state index is 12.4. The fourth-order valence-corrected chi connectivity index (χ4v) is 3.76. The van der Waals surface area contributed by atoms with Gasteiger partial charge in [-0.1, -0.05) is 41.6 Å². The Morgan fingerprint density at radius 2 is 1.94 bits per heavy atom. The van der Waals surface area contributed by atoms with Crippen molar-refractivity contribution in [3.05, 3.63) is 82.8 Å². The molecular weight excluding hydrogens is 404 g/mol. The number of ether oxygens (including phenoxy) is 2. The van der Waals surface area contributed by atoms with Crippen LogP contribution in [0.15, 0.2) is 59.1 Å². The van der Waals surface area contributed by atoms with Gasteiger partial charge in [0.15, 0.2) is 11.5 Å². The van der Waals surface area contributed by atoms with Crippen molar-refractivity contribution in [2.24, 2.45) is 0 Å². The molecule has 0 radical (unpaired) electrons. The highest BCUT2D eigenvalue weighted by atomic mass is 16.5. The lowest BCUT2D eigenvalue weighted by atomic mass is 9.96. The molecule has 1 heterocycles. The minimum atomic E-state index is -0.107. The molecule has 1 aliphatic rings. The molecule has 1 aliphatic carbocycles. The Hall–Kier alpha value is -3.54. The van der Waals surface area contributed by atoms with E-state index in [2.05, 4.69) is 22.6 Å². The summed E-state index contributed by atoms with van der Waals surface area (Å²) in [4.78, 5) is 12.4. The van der Waals surface area contributed by atoms with Crippen LogP contribution >= 0.6 is 0 Å². The summed E-state index contributed by atoms with van der Waals surface area (Å²) in [7, 11) is 1.59. The Morgan fingerprint density at radius 1 is 1.16 bits per heavy atom. The lowest BCUT2D eigenvalue weighted by molar-refractivity contribution is -0.116. The average molecular weight is 433 g/mol. The van der Waals surface area contributed by atoms with E-state index < -0.39 is 0 Å². The Morgan fingerprint density at radius 3 is 2.59 bits per heavy atom. The molecule has 166 valence electrons. The third kappa shape index (κ3) is 4.85. The zero-order chi connectivity index (χ0) is 22.6. The van der Waals surface area contributed by atoms with Crippen molar-refractivity contribution in [3.63, 3.8) is 0 Å². The van der Waals surface area contributed by atoms with Crippen LogP contribution in [0.2, 0.25) is 0 Å². The van der Waals surface area contributed by atoms with E-state index in [1.165, 1.54) is 5.56 Å². The van der Waals surface area contributed by atoms with E-state index in [0.29, 0.717) is 24.7 Å². The van der Waals surface area contributed by atoms with Crippen molar-refractivity contribution >= 4 is 12.0 Å². The lowest BCUT2D eigenvalue weighted by Crippen LogP contribution is -2.30. The van der Waals surface area contributed by atoms with E-state index in [-0.39, 0.29) is 11.3 Å². The topological polar surface area (TPSA) is 73.6 Å². The molecule has 6 nitrogen and oxygen atoms in total. The number of hydrogen-bond acceptors (Lipinski definition) is 5. The number of aryl methyl sites for hydroxylation is 2. The molecular formula is C26H28N2O4. The molecule has 1 saturated carbocycles. The van der Waals surface area contributed by atoms with Crippen LogP contribution in [-0.2, 0) is 16.8 Å². The second-order valence-electron chi connectivity index (χ2n) is 8.20. The fourth-order valence-electron chi connectivity index (χ4n) is 3.76. The number of nitrogens with one attached hydrogen (secondary N) is 1. The van der Waals surface area contributed by atoms with Gasteiger partial charge in [0.2, 0.25) is 5.91 Å². The van der Waals surface area contributed by atoms with Gasteiger partial charge in [-0.15, -0.1) is 0 Å². The van der Waals surface area contributed by atoms with E-state index >= 15 is 0 Å². The first-order valence-corrected chi connectivity index (χ1v) is 10.7. The van der Waals surface area contributed by atoms with E-state index in [1.807, 2.05) is 50.2 Å². The van der Waals surface area contributed by atoms with Crippen LogP contribution in [0.4, 0.5) is 0 Å². The minimum Gasteiger partial charge on any atom is -0.493 e. The Bertz CT molecular complexity index is 1090. The van der Waals surface area contributed by atoms with Gasteiger partial charge in [0, 0.05) is 18.0 Å². The molecule has 4 rings (SSSR count). The summed E-state index contributed by atoms with van der Waals surface area (Å²) in [5, 5.41) is 6.99. The second kappa shape index (κ2) is 9.30. The summed E-state index contributed by atoms with van der Waals surface area (Å²) < 4.78 is 16.6. The molecule has 0 aliphatic heterocycles.